The Labute approximate surface area is 130 Å². The first-order valence-corrected chi connectivity index (χ1v) is 8.64. The molecule has 0 unspecified atom stereocenters. The van der Waals surface area contributed by atoms with E-state index in [0.717, 1.165) is 5.56 Å². The summed E-state index contributed by atoms with van der Waals surface area (Å²) in [5.41, 5.74) is 1.55. The fourth-order valence-corrected chi connectivity index (χ4v) is 3.49. The van der Waals surface area contributed by atoms with Crippen LogP contribution in [0.5, 0.6) is 0 Å². The van der Waals surface area contributed by atoms with E-state index in [4.69, 9.17) is 0 Å². The number of benzene rings is 1. The minimum Gasteiger partial charge on any atom is -0.340 e. The van der Waals surface area contributed by atoms with Gasteiger partial charge in [0.25, 0.3) is 0 Å². The topological polar surface area (TPSA) is 72.3 Å². The zero-order valence-electron chi connectivity index (χ0n) is 12.6. The van der Waals surface area contributed by atoms with Crippen molar-refractivity contribution in [1.82, 2.24) is 14.7 Å². The molecule has 0 atom stereocenters. The molecule has 7 heteroatoms. The fraction of sp³-hybridized carbons (Fsp3) is 0.333. The highest BCUT2D eigenvalue weighted by Crippen LogP contribution is 2.08. The molecule has 22 heavy (non-hydrogen) atoms. The summed E-state index contributed by atoms with van der Waals surface area (Å²) < 4.78 is 25.9. The third-order valence-corrected chi connectivity index (χ3v) is 4.64. The van der Waals surface area contributed by atoms with Gasteiger partial charge in [-0.2, -0.15) is 5.10 Å². The first-order valence-electron chi connectivity index (χ1n) is 6.81. The Hall–Kier alpha value is -2.15. The van der Waals surface area contributed by atoms with Crippen molar-refractivity contribution in [1.29, 1.82) is 0 Å². The Morgan fingerprint density at radius 1 is 1.23 bits per heavy atom. The van der Waals surface area contributed by atoms with Crippen LogP contribution in [0.3, 0.4) is 0 Å². The number of aryl methyl sites for hydroxylation is 1. The molecule has 1 aromatic carbocycles. The van der Waals surface area contributed by atoms with E-state index in [0.29, 0.717) is 12.1 Å². The molecule has 0 N–H and O–H groups in total. The first-order chi connectivity index (χ1) is 10.4. The Kier molecular flexibility index (Phi) is 4.97. The zero-order chi connectivity index (χ0) is 16.2. The van der Waals surface area contributed by atoms with E-state index < -0.39 is 21.5 Å². The first kappa shape index (κ1) is 16.2. The van der Waals surface area contributed by atoms with Gasteiger partial charge in [-0.25, -0.2) is 8.42 Å². The number of carbonyl (C=O) groups excluding carboxylic acids is 1. The monoisotopic (exact) mass is 321 g/mol. The highest BCUT2D eigenvalue weighted by Gasteiger charge is 2.20. The highest BCUT2D eigenvalue weighted by atomic mass is 32.2. The second kappa shape index (κ2) is 6.74. The van der Waals surface area contributed by atoms with Crippen LogP contribution in [0.25, 0.3) is 0 Å². The van der Waals surface area contributed by atoms with Crippen LogP contribution in [0.4, 0.5) is 0 Å². The van der Waals surface area contributed by atoms with Crippen LogP contribution < -0.4 is 0 Å². The summed E-state index contributed by atoms with van der Waals surface area (Å²) in [6.45, 7) is 0.341. The van der Waals surface area contributed by atoms with Gasteiger partial charge in [-0.05, 0) is 5.56 Å². The maximum Gasteiger partial charge on any atom is 0.237 e. The molecule has 6 nitrogen and oxygen atoms in total. The molecule has 118 valence electrons. The smallest absolute Gasteiger partial charge is 0.237 e. The van der Waals surface area contributed by atoms with Crippen molar-refractivity contribution in [3.8, 4) is 0 Å². The zero-order valence-corrected chi connectivity index (χ0v) is 13.5. The summed E-state index contributed by atoms with van der Waals surface area (Å²) in [6.07, 6.45) is 3.45. The number of amides is 1. The van der Waals surface area contributed by atoms with Crippen molar-refractivity contribution in [2.24, 2.45) is 7.05 Å². The van der Waals surface area contributed by atoms with Crippen LogP contribution in [0.1, 0.15) is 11.1 Å². The van der Waals surface area contributed by atoms with Gasteiger partial charge in [-0.1, -0.05) is 30.3 Å². The maximum absolute atomic E-state index is 12.1. The number of carbonyl (C=O) groups is 1. The van der Waals surface area contributed by atoms with Gasteiger partial charge < -0.3 is 4.90 Å². The van der Waals surface area contributed by atoms with Crippen molar-refractivity contribution in [2.45, 2.75) is 12.3 Å². The molecule has 0 fully saturated rings. The molecule has 0 radical (unpaired) electrons. The van der Waals surface area contributed by atoms with Crippen molar-refractivity contribution >= 4 is 15.7 Å². The van der Waals surface area contributed by atoms with E-state index in [1.807, 2.05) is 6.07 Å². The summed E-state index contributed by atoms with van der Waals surface area (Å²) in [5.74, 6) is -1.03. The standard InChI is InChI=1S/C15H19N3O3S/c1-17(9-14-8-16-18(2)10-14)15(19)12-22(20,21)11-13-6-4-3-5-7-13/h3-8,10H,9,11-12H2,1-2H3. The Morgan fingerprint density at radius 3 is 2.50 bits per heavy atom. The van der Waals surface area contributed by atoms with Crippen molar-refractivity contribution in [3.05, 3.63) is 53.9 Å². The molecule has 0 bridgehead atoms. The third-order valence-electron chi connectivity index (χ3n) is 3.18. The van der Waals surface area contributed by atoms with Gasteiger partial charge in [0.15, 0.2) is 9.84 Å². The summed E-state index contributed by atoms with van der Waals surface area (Å²) >= 11 is 0. The predicted molar refractivity (Wildman–Crippen MR) is 83.6 cm³/mol. The number of hydrogen-bond donors (Lipinski definition) is 0. The largest absolute Gasteiger partial charge is 0.340 e. The molecule has 1 heterocycles. The van der Waals surface area contributed by atoms with E-state index in [1.165, 1.54) is 4.90 Å². The lowest BCUT2D eigenvalue weighted by Gasteiger charge is -2.16. The molecule has 0 aliphatic rings. The van der Waals surface area contributed by atoms with E-state index in [1.54, 1.807) is 55.4 Å². The summed E-state index contributed by atoms with van der Waals surface area (Å²) in [5, 5.41) is 4.02. The molecule has 1 amide bonds. The maximum atomic E-state index is 12.1. The van der Waals surface area contributed by atoms with Gasteiger partial charge in [-0.15, -0.1) is 0 Å². The van der Waals surface area contributed by atoms with Gasteiger partial charge in [0.2, 0.25) is 5.91 Å². The lowest BCUT2D eigenvalue weighted by Crippen LogP contribution is -2.32. The molecular weight excluding hydrogens is 302 g/mol. The quantitative estimate of drug-likeness (QED) is 0.795. The van der Waals surface area contributed by atoms with Gasteiger partial charge in [0, 0.05) is 32.4 Å². The number of nitrogens with zero attached hydrogens (tertiary/aromatic N) is 3. The molecule has 2 rings (SSSR count). The second-order valence-electron chi connectivity index (χ2n) is 5.29. The van der Waals surface area contributed by atoms with Crippen LogP contribution in [-0.2, 0) is 34.0 Å². The van der Waals surface area contributed by atoms with Crippen LogP contribution in [0.2, 0.25) is 0 Å². The summed E-state index contributed by atoms with van der Waals surface area (Å²) in [7, 11) is -0.100. The minimum absolute atomic E-state index is 0.125. The van der Waals surface area contributed by atoms with Gasteiger partial charge >= 0.3 is 0 Å². The third kappa shape index (κ3) is 4.70. The lowest BCUT2D eigenvalue weighted by atomic mass is 10.2. The summed E-state index contributed by atoms with van der Waals surface area (Å²) in [4.78, 5) is 13.5. The van der Waals surface area contributed by atoms with E-state index in [9.17, 15) is 13.2 Å². The van der Waals surface area contributed by atoms with Crippen LogP contribution in [0, 0.1) is 0 Å². The van der Waals surface area contributed by atoms with Crippen molar-refractivity contribution in [2.75, 3.05) is 12.8 Å². The second-order valence-corrected chi connectivity index (χ2v) is 7.35. The Morgan fingerprint density at radius 2 is 1.91 bits per heavy atom. The summed E-state index contributed by atoms with van der Waals surface area (Å²) in [6, 6.07) is 8.86. The molecule has 0 saturated carbocycles. The SMILES string of the molecule is CN(Cc1cnn(C)c1)C(=O)CS(=O)(=O)Cc1ccccc1. The Balaban J connectivity index is 1.95. The number of rotatable bonds is 6. The number of sulfone groups is 1. The van der Waals surface area contributed by atoms with Crippen LogP contribution >= 0.6 is 0 Å². The number of hydrogen-bond acceptors (Lipinski definition) is 4. The number of aromatic nitrogens is 2. The molecule has 1 aromatic heterocycles. The van der Waals surface area contributed by atoms with Gasteiger partial charge in [0.05, 0.1) is 11.9 Å². The molecule has 0 saturated heterocycles. The highest BCUT2D eigenvalue weighted by molar-refractivity contribution is 7.91. The average Bonchev–Trinajstić information content (AvgIpc) is 2.84. The molecule has 0 aliphatic heterocycles. The van der Waals surface area contributed by atoms with Crippen molar-refractivity contribution in [3.63, 3.8) is 0 Å². The van der Waals surface area contributed by atoms with E-state index in [-0.39, 0.29) is 5.75 Å². The van der Waals surface area contributed by atoms with Gasteiger partial charge in [-0.3, -0.25) is 9.48 Å². The van der Waals surface area contributed by atoms with Crippen molar-refractivity contribution < 1.29 is 13.2 Å². The minimum atomic E-state index is -3.48. The molecule has 2 aromatic rings. The molecular formula is C15H19N3O3S. The van der Waals surface area contributed by atoms with Gasteiger partial charge in [0.1, 0.15) is 5.75 Å². The predicted octanol–water partition coefficient (Wildman–Crippen LogP) is 0.993. The molecule has 0 aliphatic carbocycles. The molecule has 0 spiro atoms. The van der Waals surface area contributed by atoms with Crippen LogP contribution in [-0.4, -0.2) is 41.8 Å². The normalized spacial score (nSPS) is 11.4. The average molecular weight is 321 g/mol. The lowest BCUT2D eigenvalue weighted by molar-refractivity contribution is -0.127. The van der Waals surface area contributed by atoms with E-state index >= 15 is 0 Å². The Bertz CT molecular complexity index is 738. The van der Waals surface area contributed by atoms with Crippen LogP contribution in [0.15, 0.2) is 42.7 Å². The van der Waals surface area contributed by atoms with E-state index in [2.05, 4.69) is 5.10 Å². The fourth-order valence-electron chi connectivity index (χ4n) is 2.09.